The van der Waals surface area contributed by atoms with Gasteiger partial charge in [-0.25, -0.2) is 0 Å². The normalized spacial score (nSPS) is 10.7. The molecule has 11 heavy (non-hydrogen) atoms. The predicted octanol–water partition coefficient (Wildman–Crippen LogP) is 2.57. The molecule has 1 rings (SSSR count). The molecule has 0 saturated carbocycles. The largest absolute Gasteiger partial charge is 0.411 e. The van der Waals surface area contributed by atoms with Gasteiger partial charge < -0.3 is 5.21 Å². The molecule has 0 heterocycles. The van der Waals surface area contributed by atoms with Crippen molar-refractivity contribution in [1.29, 1.82) is 0 Å². The first-order valence-corrected chi connectivity index (χ1v) is 3.97. The van der Waals surface area contributed by atoms with Gasteiger partial charge in [-0.2, -0.15) is 0 Å². The number of halogens is 1. The van der Waals surface area contributed by atoms with Crippen molar-refractivity contribution in [2.24, 2.45) is 5.16 Å². The Balaban J connectivity index is 3.12. The summed E-state index contributed by atoms with van der Waals surface area (Å²) in [5.41, 5.74) is 2.02. The van der Waals surface area contributed by atoms with Gasteiger partial charge in [-0.05, 0) is 19.1 Å². The van der Waals surface area contributed by atoms with Crippen molar-refractivity contribution in [3.8, 4) is 0 Å². The third-order valence-corrected chi connectivity index (χ3v) is 2.07. The maximum Gasteiger partial charge on any atom is 0.0745 e. The molecule has 0 aliphatic carbocycles. The Morgan fingerprint density at radius 1 is 1.55 bits per heavy atom. The Morgan fingerprint density at radius 3 is 2.91 bits per heavy atom. The van der Waals surface area contributed by atoms with Gasteiger partial charge in [-0.15, -0.1) is 0 Å². The van der Waals surface area contributed by atoms with Crippen LogP contribution in [0, 0.1) is 6.92 Å². The molecule has 2 nitrogen and oxygen atoms in total. The predicted molar refractivity (Wildman–Crippen MR) is 48.3 cm³/mol. The second kappa shape index (κ2) is 3.53. The highest BCUT2D eigenvalue weighted by molar-refractivity contribution is 9.10. The van der Waals surface area contributed by atoms with Gasteiger partial charge in [0.1, 0.15) is 0 Å². The quantitative estimate of drug-likeness (QED) is 0.435. The van der Waals surface area contributed by atoms with Crippen LogP contribution >= 0.6 is 15.9 Å². The number of aryl methyl sites for hydroxylation is 1. The van der Waals surface area contributed by atoms with E-state index in [1.807, 2.05) is 25.1 Å². The van der Waals surface area contributed by atoms with E-state index in [2.05, 4.69) is 21.1 Å². The SMILES string of the molecule is Cc1ccc(Br)c(C=NO)c1. The van der Waals surface area contributed by atoms with Crippen LogP contribution in [-0.2, 0) is 0 Å². The molecule has 0 aliphatic rings. The summed E-state index contributed by atoms with van der Waals surface area (Å²) in [4.78, 5) is 0. The topological polar surface area (TPSA) is 32.6 Å². The Labute approximate surface area is 73.7 Å². The standard InChI is InChI=1S/C8H8BrNO/c1-6-2-3-8(9)7(4-6)5-10-11/h2-5,11H,1H3. The van der Waals surface area contributed by atoms with Gasteiger partial charge in [0.25, 0.3) is 0 Å². The molecule has 0 amide bonds. The first-order valence-electron chi connectivity index (χ1n) is 3.17. The molecule has 0 saturated heterocycles. The molecular weight excluding hydrogens is 206 g/mol. The van der Waals surface area contributed by atoms with Gasteiger partial charge in [0.2, 0.25) is 0 Å². The highest BCUT2D eigenvalue weighted by Crippen LogP contribution is 2.15. The fraction of sp³-hybridized carbons (Fsp3) is 0.125. The van der Waals surface area contributed by atoms with Crippen molar-refractivity contribution in [3.05, 3.63) is 33.8 Å². The first-order chi connectivity index (χ1) is 5.24. The lowest BCUT2D eigenvalue weighted by Gasteiger charge is -1.97. The average Bonchev–Trinajstić information content (AvgIpc) is 1.98. The smallest absolute Gasteiger partial charge is 0.0745 e. The average molecular weight is 214 g/mol. The van der Waals surface area contributed by atoms with E-state index in [0.29, 0.717) is 0 Å². The van der Waals surface area contributed by atoms with Crippen LogP contribution in [0.5, 0.6) is 0 Å². The van der Waals surface area contributed by atoms with E-state index in [-0.39, 0.29) is 0 Å². The molecular formula is C8H8BrNO. The summed E-state index contributed by atoms with van der Waals surface area (Å²) >= 11 is 3.33. The van der Waals surface area contributed by atoms with Crippen LogP contribution in [0.4, 0.5) is 0 Å². The van der Waals surface area contributed by atoms with Crippen LogP contribution in [-0.4, -0.2) is 11.4 Å². The summed E-state index contributed by atoms with van der Waals surface area (Å²) in [7, 11) is 0. The lowest BCUT2D eigenvalue weighted by atomic mass is 10.2. The molecule has 0 aliphatic heterocycles. The maximum atomic E-state index is 8.28. The summed E-state index contributed by atoms with van der Waals surface area (Å²) in [5.74, 6) is 0. The van der Waals surface area contributed by atoms with Crippen molar-refractivity contribution >= 4 is 22.1 Å². The highest BCUT2D eigenvalue weighted by Gasteiger charge is 1.95. The van der Waals surface area contributed by atoms with Crippen molar-refractivity contribution in [3.63, 3.8) is 0 Å². The van der Waals surface area contributed by atoms with Crippen molar-refractivity contribution in [2.45, 2.75) is 6.92 Å². The third kappa shape index (κ3) is 2.05. The molecule has 58 valence electrons. The molecule has 1 aromatic rings. The summed E-state index contributed by atoms with van der Waals surface area (Å²) in [6.45, 7) is 1.99. The van der Waals surface area contributed by atoms with Crippen LogP contribution in [0.3, 0.4) is 0 Å². The minimum atomic E-state index is 0.882. The summed E-state index contributed by atoms with van der Waals surface area (Å²) in [5, 5.41) is 11.2. The molecule has 0 spiro atoms. The van der Waals surface area contributed by atoms with Gasteiger partial charge in [-0.3, -0.25) is 0 Å². The summed E-state index contributed by atoms with van der Waals surface area (Å²) in [6, 6.07) is 5.84. The Bertz CT molecular complexity index is 283. The zero-order chi connectivity index (χ0) is 8.27. The second-order valence-electron chi connectivity index (χ2n) is 2.27. The molecule has 0 atom stereocenters. The van der Waals surface area contributed by atoms with Crippen molar-refractivity contribution in [1.82, 2.24) is 0 Å². The van der Waals surface area contributed by atoms with Gasteiger partial charge in [0.15, 0.2) is 0 Å². The Hall–Kier alpha value is -0.830. The van der Waals surface area contributed by atoms with Crippen molar-refractivity contribution in [2.75, 3.05) is 0 Å². The van der Waals surface area contributed by atoms with E-state index >= 15 is 0 Å². The number of benzene rings is 1. The molecule has 0 unspecified atom stereocenters. The summed E-state index contributed by atoms with van der Waals surface area (Å²) < 4.78 is 0.931. The van der Waals surface area contributed by atoms with Gasteiger partial charge >= 0.3 is 0 Å². The van der Waals surface area contributed by atoms with Crippen LogP contribution in [0.15, 0.2) is 27.8 Å². The zero-order valence-electron chi connectivity index (χ0n) is 6.08. The second-order valence-corrected chi connectivity index (χ2v) is 3.12. The molecule has 1 N–H and O–H groups in total. The molecule has 0 radical (unpaired) electrons. The Kier molecular flexibility index (Phi) is 2.65. The number of hydrogen-bond acceptors (Lipinski definition) is 2. The van der Waals surface area contributed by atoms with E-state index in [1.165, 1.54) is 6.21 Å². The van der Waals surface area contributed by atoms with Gasteiger partial charge in [0.05, 0.1) is 6.21 Å². The first kappa shape index (κ1) is 8.27. The third-order valence-electron chi connectivity index (χ3n) is 1.35. The zero-order valence-corrected chi connectivity index (χ0v) is 7.67. The van der Waals surface area contributed by atoms with Crippen LogP contribution in [0.1, 0.15) is 11.1 Å². The highest BCUT2D eigenvalue weighted by atomic mass is 79.9. The fourth-order valence-electron chi connectivity index (χ4n) is 0.824. The van der Waals surface area contributed by atoms with Crippen LogP contribution in [0.25, 0.3) is 0 Å². The molecule has 0 aromatic heterocycles. The van der Waals surface area contributed by atoms with Crippen molar-refractivity contribution < 1.29 is 5.21 Å². The lowest BCUT2D eigenvalue weighted by Crippen LogP contribution is -1.84. The van der Waals surface area contributed by atoms with Crippen LogP contribution < -0.4 is 0 Å². The fourth-order valence-corrected chi connectivity index (χ4v) is 1.17. The minimum Gasteiger partial charge on any atom is -0.411 e. The number of oxime groups is 1. The monoisotopic (exact) mass is 213 g/mol. The van der Waals surface area contributed by atoms with E-state index in [0.717, 1.165) is 15.6 Å². The van der Waals surface area contributed by atoms with E-state index < -0.39 is 0 Å². The molecule has 1 aromatic carbocycles. The number of rotatable bonds is 1. The minimum absolute atomic E-state index is 0.882. The molecule has 0 bridgehead atoms. The Morgan fingerprint density at radius 2 is 2.27 bits per heavy atom. The van der Waals surface area contributed by atoms with Crippen LogP contribution in [0.2, 0.25) is 0 Å². The van der Waals surface area contributed by atoms with Gasteiger partial charge in [-0.1, -0.05) is 32.7 Å². The maximum absolute atomic E-state index is 8.28. The lowest BCUT2D eigenvalue weighted by molar-refractivity contribution is 0.322. The van der Waals surface area contributed by atoms with Gasteiger partial charge in [0, 0.05) is 10.0 Å². The number of nitrogens with zero attached hydrogens (tertiary/aromatic N) is 1. The summed E-state index contributed by atoms with van der Waals surface area (Å²) in [6.07, 6.45) is 1.40. The van der Waals surface area contributed by atoms with E-state index in [9.17, 15) is 0 Å². The van der Waals surface area contributed by atoms with E-state index in [4.69, 9.17) is 5.21 Å². The molecule has 3 heteroatoms. The van der Waals surface area contributed by atoms with E-state index in [1.54, 1.807) is 0 Å². The number of hydrogen-bond donors (Lipinski definition) is 1. The molecule has 0 fully saturated rings.